The standard InChI is InChI=1S/C21H27FN4OS/c1-3-25(4-2)21-24-18(19(28-21)15-7-5-6-8-16(15)22)20(27)26-14-10-9-13(11-14)17(26)12-23/h5-8,13-14,17H,3-4,9-12,23H2,1-2H3/t13-,14+,17+/m1/s1. The van der Waals surface area contributed by atoms with Crippen LogP contribution in [0.15, 0.2) is 24.3 Å². The Hall–Kier alpha value is -1.99. The summed E-state index contributed by atoms with van der Waals surface area (Å²) in [5.41, 5.74) is 6.82. The Kier molecular flexibility index (Phi) is 5.38. The van der Waals surface area contributed by atoms with Crippen molar-refractivity contribution in [3.05, 3.63) is 35.8 Å². The summed E-state index contributed by atoms with van der Waals surface area (Å²) in [7, 11) is 0. The Morgan fingerprint density at radius 1 is 1.32 bits per heavy atom. The first-order valence-corrected chi connectivity index (χ1v) is 10.9. The molecule has 1 aromatic heterocycles. The molecule has 2 N–H and O–H groups in total. The van der Waals surface area contributed by atoms with Gasteiger partial charge in [0.15, 0.2) is 5.13 Å². The van der Waals surface area contributed by atoms with Gasteiger partial charge in [-0.1, -0.05) is 29.5 Å². The average molecular weight is 403 g/mol. The van der Waals surface area contributed by atoms with E-state index in [4.69, 9.17) is 10.7 Å². The average Bonchev–Trinajstić information content (AvgIpc) is 3.43. The molecular formula is C21H27FN4OS. The van der Waals surface area contributed by atoms with Gasteiger partial charge in [0.25, 0.3) is 5.91 Å². The van der Waals surface area contributed by atoms with Crippen LogP contribution in [0.2, 0.25) is 0 Å². The number of carbonyl (C=O) groups is 1. The highest BCUT2D eigenvalue weighted by Crippen LogP contribution is 2.44. The highest BCUT2D eigenvalue weighted by Gasteiger charge is 2.48. The SMILES string of the molecule is CCN(CC)c1nc(C(=O)N2[C@H]3CC[C@H](C3)[C@@H]2CN)c(-c2ccccc2F)s1. The third-order valence-electron chi connectivity index (χ3n) is 6.19. The first-order valence-electron chi connectivity index (χ1n) is 10.1. The Morgan fingerprint density at radius 3 is 2.75 bits per heavy atom. The van der Waals surface area contributed by atoms with E-state index in [0.29, 0.717) is 28.6 Å². The zero-order valence-corrected chi connectivity index (χ0v) is 17.2. The van der Waals surface area contributed by atoms with Gasteiger partial charge in [-0.2, -0.15) is 0 Å². The number of amides is 1. The molecule has 7 heteroatoms. The Labute approximate surface area is 169 Å². The van der Waals surface area contributed by atoms with Gasteiger partial charge in [-0.15, -0.1) is 0 Å². The lowest BCUT2D eigenvalue weighted by atomic mass is 9.98. The molecule has 0 unspecified atom stereocenters. The molecule has 3 atom stereocenters. The fourth-order valence-corrected chi connectivity index (χ4v) is 5.96. The normalized spacial score (nSPS) is 23.4. The predicted octanol–water partition coefficient (Wildman–Crippen LogP) is 3.75. The maximum Gasteiger partial charge on any atom is 0.274 e. The number of hydrogen-bond donors (Lipinski definition) is 1. The van der Waals surface area contributed by atoms with Gasteiger partial charge in [0.2, 0.25) is 0 Å². The number of carbonyl (C=O) groups excluding carboxylic acids is 1. The van der Waals surface area contributed by atoms with Crippen LogP contribution in [-0.4, -0.2) is 47.5 Å². The van der Waals surface area contributed by atoms with Crippen molar-refractivity contribution in [2.45, 2.75) is 45.2 Å². The smallest absolute Gasteiger partial charge is 0.274 e. The van der Waals surface area contributed by atoms with Crippen molar-refractivity contribution < 1.29 is 9.18 Å². The van der Waals surface area contributed by atoms with Crippen LogP contribution in [0.3, 0.4) is 0 Å². The lowest BCUT2D eigenvalue weighted by Crippen LogP contribution is -2.48. The third-order valence-corrected chi connectivity index (χ3v) is 7.34. The van der Waals surface area contributed by atoms with Crippen LogP contribution in [0.25, 0.3) is 10.4 Å². The van der Waals surface area contributed by atoms with Crippen molar-refractivity contribution in [3.8, 4) is 10.4 Å². The van der Waals surface area contributed by atoms with Gasteiger partial charge in [0, 0.05) is 37.3 Å². The van der Waals surface area contributed by atoms with Crippen molar-refractivity contribution in [1.29, 1.82) is 0 Å². The number of aromatic nitrogens is 1. The van der Waals surface area contributed by atoms with Crippen molar-refractivity contribution in [1.82, 2.24) is 9.88 Å². The minimum Gasteiger partial charge on any atom is -0.349 e. The van der Waals surface area contributed by atoms with E-state index in [1.54, 1.807) is 18.2 Å². The van der Waals surface area contributed by atoms with Crippen LogP contribution < -0.4 is 10.6 Å². The van der Waals surface area contributed by atoms with E-state index in [1.807, 2.05) is 4.90 Å². The Balaban J connectivity index is 1.79. The highest BCUT2D eigenvalue weighted by molar-refractivity contribution is 7.19. The molecule has 1 saturated heterocycles. The Morgan fingerprint density at radius 2 is 2.07 bits per heavy atom. The second kappa shape index (κ2) is 7.79. The molecule has 1 saturated carbocycles. The molecule has 1 aliphatic heterocycles. The van der Waals surface area contributed by atoms with Gasteiger partial charge in [-0.05, 0) is 45.1 Å². The molecule has 0 spiro atoms. The number of thiazole rings is 1. The van der Waals surface area contributed by atoms with E-state index in [-0.39, 0.29) is 23.8 Å². The van der Waals surface area contributed by atoms with Gasteiger partial charge in [-0.3, -0.25) is 4.79 Å². The molecule has 1 aliphatic carbocycles. The summed E-state index contributed by atoms with van der Waals surface area (Å²) in [4.78, 5) is 23.0. The lowest BCUT2D eigenvalue weighted by Gasteiger charge is -2.34. The van der Waals surface area contributed by atoms with Gasteiger partial charge in [0.1, 0.15) is 11.5 Å². The van der Waals surface area contributed by atoms with Crippen LogP contribution in [0.1, 0.15) is 43.6 Å². The van der Waals surface area contributed by atoms with Crippen LogP contribution in [-0.2, 0) is 0 Å². The van der Waals surface area contributed by atoms with Crippen LogP contribution in [0.4, 0.5) is 9.52 Å². The number of hydrogen-bond acceptors (Lipinski definition) is 5. The number of nitrogens with two attached hydrogens (primary N) is 1. The first-order chi connectivity index (χ1) is 13.6. The van der Waals surface area contributed by atoms with Gasteiger partial charge < -0.3 is 15.5 Å². The third kappa shape index (κ3) is 3.10. The molecule has 2 fully saturated rings. The largest absolute Gasteiger partial charge is 0.349 e. The number of benzene rings is 1. The fourth-order valence-electron chi connectivity index (χ4n) is 4.75. The molecule has 2 bridgehead atoms. The second-order valence-electron chi connectivity index (χ2n) is 7.57. The van der Waals surface area contributed by atoms with E-state index >= 15 is 0 Å². The molecule has 4 rings (SSSR count). The summed E-state index contributed by atoms with van der Waals surface area (Å²) >= 11 is 1.40. The monoisotopic (exact) mass is 402 g/mol. The van der Waals surface area contributed by atoms with Crippen LogP contribution in [0, 0.1) is 11.7 Å². The maximum absolute atomic E-state index is 14.6. The summed E-state index contributed by atoms with van der Waals surface area (Å²) in [6.07, 6.45) is 3.18. The van der Waals surface area contributed by atoms with Crippen LogP contribution >= 0.6 is 11.3 Å². The number of anilines is 1. The molecule has 1 aromatic carbocycles. The van der Waals surface area contributed by atoms with Crippen LogP contribution in [0.5, 0.6) is 0 Å². The molecule has 1 amide bonds. The number of rotatable bonds is 6. The molecule has 2 heterocycles. The fraction of sp³-hybridized carbons (Fsp3) is 0.524. The number of halogens is 1. The minimum absolute atomic E-state index is 0.0679. The molecule has 5 nitrogen and oxygen atoms in total. The number of likely N-dealkylation sites (tertiary alicyclic amines) is 1. The molecule has 2 aliphatic rings. The quantitative estimate of drug-likeness (QED) is 0.799. The van der Waals surface area contributed by atoms with E-state index in [1.165, 1.54) is 17.4 Å². The summed E-state index contributed by atoms with van der Waals surface area (Å²) in [5.74, 6) is 0.0527. The van der Waals surface area contributed by atoms with Gasteiger partial charge in [-0.25, -0.2) is 9.37 Å². The summed E-state index contributed by atoms with van der Waals surface area (Å²) < 4.78 is 14.6. The van der Waals surface area contributed by atoms with Gasteiger partial charge >= 0.3 is 0 Å². The molecule has 28 heavy (non-hydrogen) atoms. The lowest BCUT2D eigenvalue weighted by molar-refractivity contribution is 0.0598. The summed E-state index contributed by atoms with van der Waals surface area (Å²) in [6, 6.07) is 6.92. The van der Waals surface area contributed by atoms with E-state index < -0.39 is 0 Å². The van der Waals surface area contributed by atoms with Crippen molar-refractivity contribution in [2.24, 2.45) is 11.7 Å². The topological polar surface area (TPSA) is 62.5 Å². The minimum atomic E-state index is -0.329. The van der Waals surface area contributed by atoms with Gasteiger partial charge in [0.05, 0.1) is 4.88 Å². The number of piperidine rings is 1. The van der Waals surface area contributed by atoms with Crippen molar-refractivity contribution in [2.75, 3.05) is 24.5 Å². The second-order valence-corrected chi connectivity index (χ2v) is 8.55. The van der Waals surface area contributed by atoms with E-state index in [2.05, 4.69) is 18.7 Å². The molecule has 150 valence electrons. The first kappa shape index (κ1) is 19.3. The van der Waals surface area contributed by atoms with Crippen molar-refractivity contribution in [3.63, 3.8) is 0 Å². The predicted molar refractivity (Wildman–Crippen MR) is 111 cm³/mol. The number of nitrogens with zero attached hydrogens (tertiary/aromatic N) is 3. The summed E-state index contributed by atoms with van der Waals surface area (Å²) in [6.45, 7) is 6.15. The Bertz CT molecular complexity index is 866. The zero-order chi connectivity index (χ0) is 19.8. The molecule has 0 radical (unpaired) electrons. The molecular weight excluding hydrogens is 375 g/mol. The zero-order valence-electron chi connectivity index (χ0n) is 16.4. The maximum atomic E-state index is 14.6. The van der Waals surface area contributed by atoms with E-state index in [0.717, 1.165) is 37.5 Å². The number of fused-ring (bicyclic) bond motifs is 2. The highest BCUT2D eigenvalue weighted by atomic mass is 32.1. The summed E-state index contributed by atoms with van der Waals surface area (Å²) in [5, 5.41) is 0.764. The van der Waals surface area contributed by atoms with E-state index in [9.17, 15) is 9.18 Å². The molecule has 2 aromatic rings. The van der Waals surface area contributed by atoms with Crippen molar-refractivity contribution >= 4 is 22.4 Å².